The highest BCUT2D eigenvalue weighted by molar-refractivity contribution is 5.87. The molecule has 16 unspecified atom stereocenters. The second kappa shape index (κ2) is 14.6. The van der Waals surface area contributed by atoms with Gasteiger partial charge in [0.2, 0.25) is 0 Å². The summed E-state index contributed by atoms with van der Waals surface area (Å²) in [5.74, 6) is -2.63. The van der Waals surface area contributed by atoms with Gasteiger partial charge in [0.1, 0.15) is 23.6 Å². The number of nitrogens with one attached hydrogen (secondary N) is 2. The Morgan fingerprint density at radius 3 is 2.45 bits per heavy atom. The third kappa shape index (κ3) is 5.50. The number of carbonyl (C=O) groups excluding carboxylic acids is 2. The van der Waals surface area contributed by atoms with Gasteiger partial charge in [-0.1, -0.05) is 71.8 Å². The maximum atomic E-state index is 14.3. The monoisotopic (exact) mass is 767 g/mol. The quantitative estimate of drug-likeness (QED) is 0.0662. The number of allylic oxidation sites excluding steroid dienone is 1. The van der Waals surface area contributed by atoms with Crippen LogP contribution >= 0.6 is 0 Å². The number of ether oxygens (including phenoxy) is 1. The highest BCUT2D eigenvalue weighted by atomic mass is 16.5. The topological polar surface area (TPSA) is 169 Å². The van der Waals surface area contributed by atoms with Crippen LogP contribution in [0.1, 0.15) is 117 Å². The Morgan fingerprint density at radius 2 is 1.75 bits per heavy atom. The number of rotatable bonds is 12. The first-order chi connectivity index (χ1) is 26.3. The molecule has 8 aliphatic rings. The van der Waals surface area contributed by atoms with Crippen LogP contribution in [0.3, 0.4) is 0 Å². The van der Waals surface area contributed by atoms with Crippen molar-refractivity contribution in [3.05, 3.63) is 23.3 Å². The van der Waals surface area contributed by atoms with Gasteiger partial charge >= 0.3 is 5.97 Å². The summed E-state index contributed by atoms with van der Waals surface area (Å²) in [7, 11) is 1.90. The van der Waals surface area contributed by atoms with Gasteiger partial charge in [0.15, 0.2) is 0 Å². The van der Waals surface area contributed by atoms with Crippen LogP contribution in [-0.4, -0.2) is 99.6 Å². The van der Waals surface area contributed by atoms with Crippen molar-refractivity contribution < 1.29 is 39.9 Å². The van der Waals surface area contributed by atoms with E-state index in [1.807, 2.05) is 14.0 Å². The minimum absolute atomic E-state index is 0.136. The predicted molar refractivity (Wildman–Crippen MR) is 208 cm³/mol. The third-order valence-electron chi connectivity index (χ3n) is 18.1. The summed E-state index contributed by atoms with van der Waals surface area (Å²) in [6, 6.07) is 0. The first kappa shape index (κ1) is 40.1. The van der Waals surface area contributed by atoms with Crippen molar-refractivity contribution in [1.29, 1.82) is 0 Å². The molecule has 1 aliphatic heterocycles. The van der Waals surface area contributed by atoms with Crippen molar-refractivity contribution >= 4 is 12.3 Å². The Labute approximate surface area is 328 Å². The zero-order chi connectivity index (χ0) is 39.1. The highest BCUT2D eigenvalue weighted by Crippen LogP contribution is 2.76. The van der Waals surface area contributed by atoms with Crippen LogP contribution in [0.5, 0.6) is 0 Å². The van der Waals surface area contributed by atoms with Crippen LogP contribution < -0.4 is 10.6 Å². The third-order valence-corrected chi connectivity index (χ3v) is 18.1. The number of aliphatic hydroxyl groups excluding tert-OH is 2. The lowest BCUT2D eigenvalue weighted by Crippen LogP contribution is -2.85. The Balaban J connectivity index is 1.25. The van der Waals surface area contributed by atoms with E-state index in [4.69, 9.17) is 4.74 Å². The number of esters is 1. The molecule has 0 spiro atoms. The van der Waals surface area contributed by atoms with E-state index in [1.165, 1.54) is 12.8 Å². The van der Waals surface area contributed by atoms with Crippen LogP contribution in [0.15, 0.2) is 23.3 Å². The van der Waals surface area contributed by atoms with E-state index < -0.39 is 69.7 Å². The number of fused-ring (bicyclic) bond motifs is 8. The lowest BCUT2D eigenvalue weighted by molar-refractivity contribution is -0.377. The van der Waals surface area contributed by atoms with E-state index in [0.29, 0.717) is 44.1 Å². The van der Waals surface area contributed by atoms with Crippen molar-refractivity contribution in [2.45, 2.75) is 152 Å². The molecule has 1 heterocycles. The molecule has 0 aromatic carbocycles. The second-order valence-electron chi connectivity index (χ2n) is 20.1. The number of carbonyl (C=O) groups is 2. The fourth-order valence-electron chi connectivity index (χ4n) is 15.4. The van der Waals surface area contributed by atoms with Gasteiger partial charge in [-0.2, -0.15) is 0 Å². The zero-order valence-electron chi connectivity index (χ0n) is 33.8. The van der Waals surface area contributed by atoms with E-state index in [0.717, 1.165) is 75.5 Å². The molecule has 10 nitrogen and oxygen atoms in total. The number of hydrogen-bond acceptors (Lipinski definition) is 10. The van der Waals surface area contributed by atoms with Crippen molar-refractivity contribution in [3.63, 3.8) is 0 Å². The van der Waals surface area contributed by atoms with Gasteiger partial charge in [0, 0.05) is 48.9 Å². The Kier molecular flexibility index (Phi) is 10.6. The first-order valence-electron chi connectivity index (χ1n) is 22.2. The molecule has 0 amide bonds. The summed E-state index contributed by atoms with van der Waals surface area (Å²) in [6.07, 6.45) is 13.1. The lowest BCUT2D eigenvalue weighted by atomic mass is 9.34. The molecule has 7 N–H and O–H groups in total. The fourth-order valence-corrected chi connectivity index (χ4v) is 15.4. The summed E-state index contributed by atoms with van der Waals surface area (Å²) in [5, 5.41) is 73.1. The summed E-state index contributed by atoms with van der Waals surface area (Å²) >= 11 is 0. The van der Waals surface area contributed by atoms with Gasteiger partial charge in [-0.05, 0) is 105 Å². The molecule has 55 heavy (non-hydrogen) atoms. The molecule has 16 atom stereocenters. The molecule has 0 bridgehead atoms. The van der Waals surface area contributed by atoms with Crippen LogP contribution in [-0.2, 0) is 14.3 Å². The fraction of sp³-hybridized carbons (Fsp3) is 0.867. The Bertz CT molecular complexity index is 1550. The molecule has 308 valence electrons. The average Bonchev–Trinajstić information content (AvgIpc) is 3.86. The van der Waals surface area contributed by atoms with Gasteiger partial charge in [0.25, 0.3) is 0 Å². The van der Waals surface area contributed by atoms with Crippen molar-refractivity contribution in [2.24, 2.45) is 64.1 Å². The van der Waals surface area contributed by atoms with E-state index in [9.17, 15) is 35.1 Å². The van der Waals surface area contributed by atoms with Crippen LogP contribution in [0.25, 0.3) is 0 Å². The predicted octanol–water partition coefficient (Wildman–Crippen LogP) is 4.21. The number of unbranched alkanes of at least 4 members (excludes halogenated alkanes) is 2. The molecular formula is C45H70N2O8. The van der Waals surface area contributed by atoms with Crippen LogP contribution in [0.4, 0.5) is 0 Å². The number of aldehydes is 1. The Hall–Kier alpha value is -1.66. The lowest BCUT2D eigenvalue weighted by Gasteiger charge is -2.73. The standard InChI is InChI=1S/C45H70N2O8/c1-5-6-7-12-29-22-42(25-48)35-15-16-41(3)37-30(19-31(24-47-18-17-46-4)39-32(37)21-36(49)55-39)23-43(41,52)45(35,54)40(51)34-20-28(26(2)27-10-8-9-11-27)13-14-33(38(29)50)44(34,42)53/h19,21,25-30,33-35,37-40,46-47,50-54H,5-18,20,22-24H2,1-4H3. The molecule has 0 aromatic heterocycles. The minimum Gasteiger partial charge on any atom is -0.450 e. The van der Waals surface area contributed by atoms with E-state index in [2.05, 4.69) is 30.6 Å². The van der Waals surface area contributed by atoms with Gasteiger partial charge < -0.3 is 45.7 Å². The van der Waals surface area contributed by atoms with E-state index >= 15 is 0 Å². The van der Waals surface area contributed by atoms with Gasteiger partial charge in [-0.25, -0.2) is 4.79 Å². The molecule has 7 aliphatic carbocycles. The van der Waals surface area contributed by atoms with Crippen molar-refractivity contribution in [2.75, 3.05) is 26.7 Å². The molecule has 6 saturated carbocycles. The zero-order valence-corrected chi connectivity index (χ0v) is 33.8. The van der Waals surface area contributed by atoms with Crippen molar-refractivity contribution in [3.8, 4) is 0 Å². The number of likely N-dealkylation sites (N-methyl/N-ethyl adjacent to an activating group) is 1. The molecule has 6 fully saturated rings. The smallest absolute Gasteiger partial charge is 0.331 e. The van der Waals surface area contributed by atoms with E-state index in [1.54, 1.807) is 6.08 Å². The van der Waals surface area contributed by atoms with Crippen molar-refractivity contribution in [1.82, 2.24) is 10.6 Å². The van der Waals surface area contributed by atoms with Gasteiger partial charge in [-0.3, -0.25) is 0 Å². The maximum absolute atomic E-state index is 14.3. The Morgan fingerprint density at radius 1 is 0.982 bits per heavy atom. The molecule has 0 radical (unpaired) electrons. The van der Waals surface area contributed by atoms with E-state index in [-0.39, 0.29) is 36.5 Å². The second-order valence-corrected chi connectivity index (χ2v) is 20.1. The molecule has 10 heteroatoms. The van der Waals surface area contributed by atoms with Gasteiger partial charge in [0.05, 0.1) is 23.2 Å². The minimum atomic E-state index is -2.12. The summed E-state index contributed by atoms with van der Waals surface area (Å²) in [6.45, 7) is 8.48. The maximum Gasteiger partial charge on any atom is 0.331 e. The largest absolute Gasteiger partial charge is 0.450 e. The van der Waals surface area contributed by atoms with Gasteiger partial charge in [-0.15, -0.1) is 0 Å². The van der Waals surface area contributed by atoms with Crippen LogP contribution in [0, 0.1) is 64.1 Å². The average molecular weight is 767 g/mol. The summed E-state index contributed by atoms with van der Waals surface area (Å²) < 4.78 is 5.93. The SMILES string of the molecule is CCCCCC1CC2(C=O)C3CCC4(C)C5C6=CC(=O)OC6C(CNCCNC)=CC5CC4(O)C3(O)C(O)C3CC(C(C)C4CCCC4)CCC(C1O)C32O. The summed E-state index contributed by atoms with van der Waals surface area (Å²) in [4.78, 5) is 27.2. The first-order valence-corrected chi connectivity index (χ1v) is 22.2. The normalized spacial score (nSPS) is 49.4. The summed E-state index contributed by atoms with van der Waals surface area (Å²) in [5.41, 5.74) is -6.38. The highest BCUT2D eigenvalue weighted by Gasteiger charge is 2.85. The number of aliphatic hydroxyl groups is 5. The number of hydrogen-bond donors (Lipinski definition) is 7. The molecule has 8 rings (SSSR count). The molecular weight excluding hydrogens is 697 g/mol. The van der Waals surface area contributed by atoms with Crippen LogP contribution in [0.2, 0.25) is 0 Å². The molecule has 0 saturated heterocycles. The molecule has 0 aromatic rings.